The molecule has 0 aromatic heterocycles. The Morgan fingerprint density at radius 3 is 2.43 bits per heavy atom. The fraction of sp³-hybridized carbons (Fsp3) is 0.278. The van der Waals surface area contributed by atoms with Crippen molar-refractivity contribution in [1.29, 1.82) is 0 Å². The van der Waals surface area contributed by atoms with E-state index < -0.39 is 11.5 Å². The second kappa shape index (κ2) is 5.01. The molecule has 1 aliphatic rings. The Balaban J connectivity index is 2.04. The van der Waals surface area contributed by atoms with Crippen LogP contribution in [0, 0.1) is 5.92 Å². The number of nitrogens with zero attached hydrogens (tertiary/aromatic N) is 1. The summed E-state index contributed by atoms with van der Waals surface area (Å²) < 4.78 is 0. The van der Waals surface area contributed by atoms with Crippen LogP contribution in [0.1, 0.15) is 18.1 Å². The third-order valence-electron chi connectivity index (χ3n) is 4.40. The van der Waals surface area contributed by atoms with E-state index in [1.807, 2.05) is 54.6 Å². The molecule has 0 unspecified atom stereocenters. The van der Waals surface area contributed by atoms with E-state index in [0.29, 0.717) is 6.42 Å². The average molecular weight is 281 g/mol. The van der Waals surface area contributed by atoms with Gasteiger partial charge < -0.3 is 10.0 Å². The molecule has 0 saturated heterocycles. The Morgan fingerprint density at radius 1 is 1.10 bits per heavy atom. The smallest absolute Gasteiger partial charge is 0.233 e. The number of carbonyl (C=O) groups excluding carboxylic acids is 1. The summed E-state index contributed by atoms with van der Waals surface area (Å²) in [6.45, 7) is 1.74. The molecule has 0 fully saturated rings. The lowest BCUT2D eigenvalue weighted by Crippen LogP contribution is -2.50. The maximum Gasteiger partial charge on any atom is 0.233 e. The number of para-hydroxylation sites is 1. The third-order valence-corrected chi connectivity index (χ3v) is 4.40. The Kier molecular flexibility index (Phi) is 3.30. The van der Waals surface area contributed by atoms with Gasteiger partial charge >= 0.3 is 0 Å². The van der Waals surface area contributed by atoms with Gasteiger partial charge in [0.05, 0.1) is 5.92 Å². The van der Waals surface area contributed by atoms with E-state index in [-0.39, 0.29) is 5.91 Å². The summed E-state index contributed by atoms with van der Waals surface area (Å²) in [4.78, 5) is 14.3. The number of anilines is 1. The zero-order chi connectivity index (χ0) is 15.0. The van der Waals surface area contributed by atoms with Crippen LogP contribution < -0.4 is 4.90 Å². The van der Waals surface area contributed by atoms with E-state index in [1.165, 1.54) is 0 Å². The lowest BCUT2D eigenvalue weighted by atomic mass is 9.75. The van der Waals surface area contributed by atoms with Crippen LogP contribution in [0.15, 0.2) is 54.6 Å². The van der Waals surface area contributed by atoms with Crippen molar-refractivity contribution in [3.8, 4) is 0 Å². The van der Waals surface area contributed by atoms with Crippen LogP contribution >= 0.6 is 0 Å². The third kappa shape index (κ3) is 2.24. The quantitative estimate of drug-likeness (QED) is 0.919. The number of fused-ring (bicyclic) bond motifs is 1. The van der Waals surface area contributed by atoms with Crippen LogP contribution in [-0.4, -0.2) is 18.1 Å². The molecule has 1 amide bonds. The van der Waals surface area contributed by atoms with Crippen molar-refractivity contribution in [3.05, 3.63) is 65.7 Å². The van der Waals surface area contributed by atoms with E-state index in [2.05, 4.69) is 0 Å². The summed E-state index contributed by atoms with van der Waals surface area (Å²) in [5, 5.41) is 11.0. The predicted molar refractivity (Wildman–Crippen MR) is 83.1 cm³/mol. The van der Waals surface area contributed by atoms with Crippen LogP contribution in [0.5, 0.6) is 0 Å². The van der Waals surface area contributed by atoms with Crippen molar-refractivity contribution in [3.63, 3.8) is 0 Å². The molecule has 0 bridgehead atoms. The zero-order valence-corrected chi connectivity index (χ0v) is 12.3. The highest BCUT2D eigenvalue weighted by Crippen LogP contribution is 2.42. The normalized spacial score (nSPS) is 24.8. The molecule has 21 heavy (non-hydrogen) atoms. The molecule has 2 atom stereocenters. The number of aliphatic hydroxyl groups is 1. The van der Waals surface area contributed by atoms with Crippen molar-refractivity contribution in [2.75, 3.05) is 11.9 Å². The summed E-state index contributed by atoms with van der Waals surface area (Å²) in [5.41, 5.74) is 1.50. The number of benzene rings is 2. The summed E-state index contributed by atoms with van der Waals surface area (Å²) in [7, 11) is 1.77. The first-order valence-corrected chi connectivity index (χ1v) is 7.15. The van der Waals surface area contributed by atoms with Gasteiger partial charge in [-0.25, -0.2) is 0 Å². The lowest BCUT2D eigenvalue weighted by molar-refractivity contribution is -0.132. The molecule has 0 radical (unpaired) electrons. The zero-order valence-electron chi connectivity index (χ0n) is 12.3. The second-order valence-electron chi connectivity index (χ2n) is 5.80. The fourth-order valence-corrected chi connectivity index (χ4v) is 3.11. The first-order valence-electron chi connectivity index (χ1n) is 7.15. The minimum Gasteiger partial charge on any atom is -0.385 e. The van der Waals surface area contributed by atoms with Gasteiger partial charge in [-0.05, 0) is 25.0 Å². The lowest BCUT2D eigenvalue weighted by Gasteiger charge is -2.42. The molecule has 2 aromatic rings. The van der Waals surface area contributed by atoms with Crippen LogP contribution in [0.25, 0.3) is 0 Å². The van der Waals surface area contributed by atoms with Gasteiger partial charge in [0.25, 0.3) is 0 Å². The summed E-state index contributed by atoms with van der Waals surface area (Å²) in [6, 6.07) is 17.4. The number of hydrogen-bond acceptors (Lipinski definition) is 2. The molecule has 3 rings (SSSR count). The van der Waals surface area contributed by atoms with Gasteiger partial charge in [0.1, 0.15) is 5.60 Å². The molecule has 3 nitrogen and oxygen atoms in total. The van der Waals surface area contributed by atoms with Crippen molar-refractivity contribution in [2.24, 2.45) is 5.92 Å². The minimum atomic E-state index is -1.16. The number of carbonyl (C=O) groups is 1. The Bertz CT molecular complexity index is 664. The van der Waals surface area contributed by atoms with Crippen molar-refractivity contribution < 1.29 is 9.90 Å². The standard InChI is InChI=1S/C18H19NO2/c1-18(21)14-10-6-7-11-16(14)19(2)17(20)15(18)12-13-8-4-3-5-9-13/h3-11,15,21H,12H2,1-2H3/t15-,18-/m0/s1. The van der Waals surface area contributed by atoms with Crippen molar-refractivity contribution in [2.45, 2.75) is 18.9 Å². The Labute approximate surface area is 124 Å². The predicted octanol–water partition coefficient (Wildman–Crippen LogP) is 2.73. The summed E-state index contributed by atoms with van der Waals surface area (Å²) in [6.07, 6.45) is 0.533. The molecule has 0 saturated carbocycles. The van der Waals surface area contributed by atoms with Gasteiger partial charge in [-0.3, -0.25) is 4.79 Å². The van der Waals surface area contributed by atoms with Gasteiger partial charge in [-0.15, -0.1) is 0 Å². The van der Waals surface area contributed by atoms with E-state index in [4.69, 9.17) is 0 Å². The topological polar surface area (TPSA) is 40.5 Å². The SMILES string of the molecule is CN1C(=O)[C@H](Cc2ccccc2)[C@@](C)(O)c2ccccc21. The monoisotopic (exact) mass is 281 g/mol. The van der Waals surface area contributed by atoms with Crippen LogP contribution in [0.2, 0.25) is 0 Å². The van der Waals surface area contributed by atoms with Gasteiger partial charge in [0.2, 0.25) is 5.91 Å². The average Bonchev–Trinajstić information content (AvgIpc) is 2.51. The highest BCUT2D eigenvalue weighted by Gasteiger charge is 2.46. The summed E-state index contributed by atoms with van der Waals surface area (Å²) >= 11 is 0. The number of amides is 1. The first-order chi connectivity index (χ1) is 10.0. The molecule has 108 valence electrons. The highest BCUT2D eigenvalue weighted by molar-refractivity contribution is 5.99. The first kappa shape index (κ1) is 13.8. The molecule has 2 aromatic carbocycles. The van der Waals surface area contributed by atoms with E-state index in [1.54, 1.807) is 18.9 Å². The summed E-state index contributed by atoms with van der Waals surface area (Å²) in [5.74, 6) is -0.512. The molecular formula is C18H19NO2. The van der Waals surface area contributed by atoms with Crippen LogP contribution in [-0.2, 0) is 16.8 Å². The number of hydrogen-bond donors (Lipinski definition) is 1. The van der Waals surface area contributed by atoms with Gasteiger partial charge in [0, 0.05) is 18.3 Å². The highest BCUT2D eigenvalue weighted by atomic mass is 16.3. The van der Waals surface area contributed by atoms with Crippen molar-refractivity contribution in [1.82, 2.24) is 0 Å². The van der Waals surface area contributed by atoms with E-state index in [9.17, 15) is 9.90 Å². The van der Waals surface area contributed by atoms with Gasteiger partial charge in [0.15, 0.2) is 0 Å². The van der Waals surface area contributed by atoms with Gasteiger partial charge in [-0.2, -0.15) is 0 Å². The molecule has 1 aliphatic heterocycles. The number of rotatable bonds is 2. The van der Waals surface area contributed by atoms with Crippen LogP contribution in [0.4, 0.5) is 5.69 Å². The maximum atomic E-state index is 12.7. The van der Waals surface area contributed by atoms with E-state index in [0.717, 1.165) is 16.8 Å². The maximum absolute atomic E-state index is 12.7. The second-order valence-corrected chi connectivity index (χ2v) is 5.80. The molecule has 0 aliphatic carbocycles. The van der Waals surface area contributed by atoms with Crippen molar-refractivity contribution >= 4 is 11.6 Å². The molecular weight excluding hydrogens is 262 g/mol. The van der Waals surface area contributed by atoms with Crippen LogP contribution in [0.3, 0.4) is 0 Å². The fourth-order valence-electron chi connectivity index (χ4n) is 3.11. The minimum absolute atomic E-state index is 0.0393. The molecule has 1 N–H and O–H groups in total. The Morgan fingerprint density at radius 2 is 1.71 bits per heavy atom. The largest absolute Gasteiger partial charge is 0.385 e. The molecule has 1 heterocycles. The molecule has 3 heteroatoms. The van der Waals surface area contributed by atoms with E-state index >= 15 is 0 Å². The van der Waals surface area contributed by atoms with Gasteiger partial charge in [-0.1, -0.05) is 48.5 Å². The molecule has 0 spiro atoms. The Hall–Kier alpha value is -2.13.